The van der Waals surface area contributed by atoms with E-state index in [1.165, 1.54) is 17.7 Å². The fourth-order valence-corrected chi connectivity index (χ4v) is 2.00. The van der Waals surface area contributed by atoms with Gasteiger partial charge in [0.15, 0.2) is 0 Å². The lowest BCUT2D eigenvalue weighted by Crippen LogP contribution is -2.32. The van der Waals surface area contributed by atoms with Gasteiger partial charge in [-0.25, -0.2) is 9.97 Å². The topological polar surface area (TPSA) is 55.0 Å². The molecular weight excluding hydrogens is 188 g/mol. The molecule has 1 aliphatic rings. The molecule has 2 rings (SSSR count). The normalized spacial score (nSPS) is 16.4. The van der Waals surface area contributed by atoms with Crippen molar-refractivity contribution in [2.24, 2.45) is 5.73 Å². The number of nitrogens with zero attached hydrogens (tertiary/aromatic N) is 3. The molecule has 2 N–H and O–H groups in total. The minimum Gasteiger partial charge on any atom is -0.324 e. The third-order valence-electron chi connectivity index (χ3n) is 2.80. The molecule has 0 aliphatic carbocycles. The van der Waals surface area contributed by atoms with Crippen molar-refractivity contribution in [3.8, 4) is 0 Å². The summed E-state index contributed by atoms with van der Waals surface area (Å²) in [4.78, 5) is 11.2. The van der Waals surface area contributed by atoms with E-state index < -0.39 is 0 Å². The highest BCUT2D eigenvalue weighted by Crippen LogP contribution is 2.16. The maximum absolute atomic E-state index is 5.54. The van der Waals surface area contributed by atoms with E-state index in [-0.39, 0.29) is 0 Å². The molecule has 0 spiro atoms. The van der Waals surface area contributed by atoms with Crippen LogP contribution in [-0.4, -0.2) is 28.0 Å². The van der Waals surface area contributed by atoms with Crippen LogP contribution in [0.2, 0.25) is 0 Å². The van der Waals surface area contributed by atoms with Crippen LogP contribution in [0.5, 0.6) is 0 Å². The molecule has 4 heteroatoms. The lowest BCUT2D eigenvalue weighted by atomic mass is 10.1. The summed E-state index contributed by atoms with van der Waals surface area (Å²) in [6.07, 6.45) is 4.21. The Morgan fingerprint density at radius 1 is 1.53 bits per heavy atom. The molecule has 0 aromatic carbocycles. The molecule has 0 amide bonds. The van der Waals surface area contributed by atoms with Gasteiger partial charge in [0, 0.05) is 19.3 Å². The largest absolute Gasteiger partial charge is 0.324 e. The van der Waals surface area contributed by atoms with E-state index in [1.54, 1.807) is 0 Å². The van der Waals surface area contributed by atoms with Gasteiger partial charge in [-0.2, -0.15) is 0 Å². The molecule has 0 bridgehead atoms. The standard InChI is InChI=1S/C11H18N4/c1-2-4-15-5-3-9-7-13-11(6-12)14-10(9)8-15/h7H,2-6,8,12H2,1H3. The van der Waals surface area contributed by atoms with Gasteiger partial charge in [0.2, 0.25) is 0 Å². The van der Waals surface area contributed by atoms with Gasteiger partial charge < -0.3 is 5.73 Å². The van der Waals surface area contributed by atoms with Crippen molar-refractivity contribution < 1.29 is 0 Å². The van der Waals surface area contributed by atoms with E-state index in [1.807, 2.05) is 6.20 Å². The smallest absolute Gasteiger partial charge is 0.142 e. The van der Waals surface area contributed by atoms with Gasteiger partial charge in [-0.15, -0.1) is 0 Å². The van der Waals surface area contributed by atoms with Gasteiger partial charge >= 0.3 is 0 Å². The molecule has 15 heavy (non-hydrogen) atoms. The minimum atomic E-state index is 0.432. The summed E-state index contributed by atoms with van der Waals surface area (Å²) in [7, 11) is 0. The second-order valence-electron chi connectivity index (χ2n) is 3.99. The van der Waals surface area contributed by atoms with Gasteiger partial charge in [0.05, 0.1) is 12.2 Å². The van der Waals surface area contributed by atoms with Crippen molar-refractivity contribution in [3.63, 3.8) is 0 Å². The Hall–Kier alpha value is -1.00. The van der Waals surface area contributed by atoms with Gasteiger partial charge in [-0.3, -0.25) is 4.90 Å². The van der Waals surface area contributed by atoms with E-state index in [4.69, 9.17) is 5.73 Å². The summed E-state index contributed by atoms with van der Waals surface area (Å²) in [6, 6.07) is 0. The number of hydrogen-bond acceptors (Lipinski definition) is 4. The zero-order valence-electron chi connectivity index (χ0n) is 9.24. The third kappa shape index (κ3) is 2.33. The first-order valence-electron chi connectivity index (χ1n) is 5.59. The zero-order chi connectivity index (χ0) is 10.7. The van der Waals surface area contributed by atoms with Crippen molar-refractivity contribution >= 4 is 0 Å². The molecule has 0 radical (unpaired) electrons. The Morgan fingerprint density at radius 3 is 3.13 bits per heavy atom. The Bertz CT molecular complexity index is 337. The summed E-state index contributed by atoms with van der Waals surface area (Å²) in [5, 5.41) is 0. The van der Waals surface area contributed by atoms with E-state index in [9.17, 15) is 0 Å². The van der Waals surface area contributed by atoms with Crippen LogP contribution in [-0.2, 0) is 19.5 Å². The van der Waals surface area contributed by atoms with Crippen molar-refractivity contribution in [1.29, 1.82) is 0 Å². The second kappa shape index (κ2) is 4.68. The van der Waals surface area contributed by atoms with Crippen LogP contribution in [0, 0.1) is 0 Å². The van der Waals surface area contributed by atoms with E-state index >= 15 is 0 Å². The molecule has 0 saturated heterocycles. The highest BCUT2D eigenvalue weighted by Gasteiger charge is 2.17. The SMILES string of the molecule is CCCN1CCc2cnc(CN)nc2C1. The number of aromatic nitrogens is 2. The summed E-state index contributed by atoms with van der Waals surface area (Å²) in [6.45, 7) is 5.88. The number of hydrogen-bond donors (Lipinski definition) is 1. The van der Waals surface area contributed by atoms with Crippen LogP contribution in [0.4, 0.5) is 0 Å². The van der Waals surface area contributed by atoms with Crippen molar-refractivity contribution in [2.75, 3.05) is 13.1 Å². The summed E-state index contributed by atoms with van der Waals surface area (Å²) < 4.78 is 0. The molecule has 82 valence electrons. The first-order valence-corrected chi connectivity index (χ1v) is 5.59. The number of nitrogens with two attached hydrogens (primary N) is 1. The lowest BCUT2D eigenvalue weighted by Gasteiger charge is -2.27. The summed E-state index contributed by atoms with van der Waals surface area (Å²) in [5.74, 6) is 0.757. The molecule has 0 fully saturated rings. The first-order chi connectivity index (χ1) is 7.33. The van der Waals surface area contributed by atoms with E-state index in [2.05, 4.69) is 21.8 Å². The van der Waals surface area contributed by atoms with Crippen molar-refractivity contribution in [2.45, 2.75) is 32.9 Å². The molecular formula is C11H18N4. The number of fused-ring (bicyclic) bond motifs is 1. The lowest BCUT2D eigenvalue weighted by molar-refractivity contribution is 0.250. The predicted octanol–water partition coefficient (Wildman–Crippen LogP) is 0.703. The molecule has 2 heterocycles. The maximum atomic E-state index is 5.54. The van der Waals surface area contributed by atoms with Gasteiger partial charge in [-0.05, 0) is 24.9 Å². The molecule has 0 saturated carbocycles. The summed E-state index contributed by atoms with van der Waals surface area (Å²) >= 11 is 0. The average Bonchev–Trinajstić information content (AvgIpc) is 2.28. The molecule has 4 nitrogen and oxygen atoms in total. The molecule has 0 atom stereocenters. The zero-order valence-corrected chi connectivity index (χ0v) is 9.24. The quantitative estimate of drug-likeness (QED) is 0.791. The van der Waals surface area contributed by atoms with Crippen LogP contribution in [0.3, 0.4) is 0 Å². The van der Waals surface area contributed by atoms with Crippen LogP contribution in [0.15, 0.2) is 6.20 Å². The fraction of sp³-hybridized carbons (Fsp3) is 0.636. The van der Waals surface area contributed by atoms with Crippen molar-refractivity contribution in [1.82, 2.24) is 14.9 Å². The average molecular weight is 206 g/mol. The van der Waals surface area contributed by atoms with Crippen LogP contribution < -0.4 is 5.73 Å². The summed E-state index contributed by atoms with van der Waals surface area (Å²) in [5.41, 5.74) is 8.00. The van der Waals surface area contributed by atoms with E-state index in [0.29, 0.717) is 6.54 Å². The molecule has 1 aliphatic heterocycles. The van der Waals surface area contributed by atoms with Gasteiger partial charge in [0.25, 0.3) is 0 Å². The van der Waals surface area contributed by atoms with Crippen LogP contribution in [0.1, 0.15) is 30.4 Å². The molecule has 1 aromatic heterocycles. The monoisotopic (exact) mass is 206 g/mol. The Labute approximate surface area is 90.5 Å². The highest BCUT2D eigenvalue weighted by atomic mass is 15.1. The van der Waals surface area contributed by atoms with E-state index in [0.717, 1.165) is 31.9 Å². The highest BCUT2D eigenvalue weighted by molar-refractivity contribution is 5.20. The third-order valence-corrected chi connectivity index (χ3v) is 2.80. The van der Waals surface area contributed by atoms with Crippen LogP contribution >= 0.6 is 0 Å². The molecule has 0 unspecified atom stereocenters. The van der Waals surface area contributed by atoms with Gasteiger partial charge in [-0.1, -0.05) is 6.92 Å². The second-order valence-corrected chi connectivity index (χ2v) is 3.99. The van der Waals surface area contributed by atoms with Crippen LogP contribution in [0.25, 0.3) is 0 Å². The Balaban J connectivity index is 2.16. The maximum Gasteiger partial charge on any atom is 0.142 e. The first kappa shape index (κ1) is 10.5. The minimum absolute atomic E-state index is 0.432. The predicted molar refractivity (Wildman–Crippen MR) is 59.2 cm³/mol. The Kier molecular flexibility index (Phi) is 3.28. The van der Waals surface area contributed by atoms with Crippen molar-refractivity contribution in [3.05, 3.63) is 23.3 Å². The Morgan fingerprint density at radius 2 is 2.40 bits per heavy atom. The molecule has 1 aromatic rings. The van der Waals surface area contributed by atoms with Gasteiger partial charge in [0.1, 0.15) is 5.82 Å². The fourth-order valence-electron chi connectivity index (χ4n) is 2.00. The number of rotatable bonds is 3.